The fourth-order valence-electron chi connectivity index (χ4n) is 5.80. The largest absolute Gasteiger partial charge is 0.381 e. The average molecular weight is 575 g/mol. The van der Waals surface area contributed by atoms with E-state index in [-0.39, 0.29) is 11.9 Å². The second kappa shape index (κ2) is 12.5. The Kier molecular flexibility index (Phi) is 8.34. The van der Waals surface area contributed by atoms with Gasteiger partial charge < -0.3 is 25.2 Å². The summed E-state index contributed by atoms with van der Waals surface area (Å²) >= 11 is 0. The first-order valence-corrected chi connectivity index (χ1v) is 14.6. The van der Waals surface area contributed by atoms with Crippen molar-refractivity contribution < 1.29 is 18.3 Å². The number of ether oxygens (including phenoxy) is 1. The number of nitrogens with one attached hydrogen (secondary N) is 3. The molecule has 42 heavy (non-hydrogen) atoms. The van der Waals surface area contributed by atoms with Gasteiger partial charge in [-0.1, -0.05) is 6.07 Å². The van der Waals surface area contributed by atoms with Crippen LogP contribution in [0.15, 0.2) is 54.6 Å². The van der Waals surface area contributed by atoms with Crippen molar-refractivity contribution >= 4 is 34.0 Å². The molecule has 220 valence electrons. The maximum atomic E-state index is 13.7. The van der Waals surface area contributed by atoms with Crippen molar-refractivity contribution in [1.29, 1.82) is 0 Å². The zero-order valence-electron chi connectivity index (χ0n) is 23.8. The zero-order chi connectivity index (χ0) is 29.1. The fourth-order valence-corrected chi connectivity index (χ4v) is 5.80. The number of hydrogen-bond acceptors (Lipinski definition) is 6. The molecule has 2 aliphatic rings. The lowest BCUT2D eigenvalue weighted by atomic mass is 10.0. The predicted molar refractivity (Wildman–Crippen MR) is 161 cm³/mol. The summed E-state index contributed by atoms with van der Waals surface area (Å²) in [6, 6.07) is 15.4. The highest BCUT2D eigenvalue weighted by Crippen LogP contribution is 2.29. The number of benzene rings is 3. The molecular weight excluding hydrogens is 538 g/mol. The molecule has 4 aromatic rings. The number of amides is 1. The van der Waals surface area contributed by atoms with Crippen molar-refractivity contribution in [2.45, 2.75) is 31.7 Å². The molecule has 3 aromatic carbocycles. The number of H-pyrrole nitrogens is 1. The number of carbonyl (C=O) groups excluding carboxylic acids is 1. The highest BCUT2D eigenvalue weighted by Gasteiger charge is 2.21. The predicted octanol–water partition coefficient (Wildman–Crippen LogP) is 5.42. The second-order valence-corrected chi connectivity index (χ2v) is 11.3. The zero-order valence-corrected chi connectivity index (χ0v) is 23.8. The van der Waals surface area contributed by atoms with E-state index < -0.39 is 11.6 Å². The number of likely N-dealkylation sites (N-methyl/N-ethyl adjacent to an activating group) is 1. The van der Waals surface area contributed by atoms with Crippen LogP contribution in [-0.4, -0.2) is 73.5 Å². The van der Waals surface area contributed by atoms with Crippen LogP contribution >= 0.6 is 0 Å². The number of aromatic amines is 1. The minimum absolute atomic E-state index is 0.220. The molecule has 3 N–H and O–H groups in total. The molecule has 1 aromatic heterocycles. The van der Waals surface area contributed by atoms with Crippen molar-refractivity contribution in [3.63, 3.8) is 0 Å². The smallest absolute Gasteiger partial charge is 0.258 e. The maximum absolute atomic E-state index is 13.7. The van der Waals surface area contributed by atoms with Crippen molar-refractivity contribution in [3.05, 3.63) is 82.9 Å². The van der Waals surface area contributed by atoms with Gasteiger partial charge in [-0.05, 0) is 92.9 Å². The van der Waals surface area contributed by atoms with Crippen LogP contribution in [0.5, 0.6) is 0 Å². The van der Waals surface area contributed by atoms with E-state index in [1.54, 1.807) is 0 Å². The second-order valence-electron chi connectivity index (χ2n) is 11.3. The lowest BCUT2D eigenvalue weighted by molar-refractivity contribution is 0.0904. The number of carbonyl (C=O) groups is 1. The third-order valence-corrected chi connectivity index (χ3v) is 8.10. The molecule has 10 heteroatoms. The van der Waals surface area contributed by atoms with E-state index >= 15 is 0 Å². The average Bonchev–Trinajstić information content (AvgIpc) is 3.22. The summed E-state index contributed by atoms with van der Waals surface area (Å²) in [4.78, 5) is 18.5. The molecule has 2 fully saturated rings. The summed E-state index contributed by atoms with van der Waals surface area (Å²) in [5.74, 6) is -1.08. The van der Waals surface area contributed by atoms with E-state index in [0.29, 0.717) is 36.6 Å². The van der Waals surface area contributed by atoms with Crippen LogP contribution in [-0.2, 0) is 11.2 Å². The Bertz CT molecular complexity index is 1550. The van der Waals surface area contributed by atoms with Crippen molar-refractivity contribution in [1.82, 2.24) is 15.1 Å². The molecule has 6 rings (SSSR count). The highest BCUT2D eigenvalue weighted by atomic mass is 19.1. The maximum Gasteiger partial charge on any atom is 0.258 e. The van der Waals surface area contributed by atoms with Gasteiger partial charge in [-0.2, -0.15) is 5.10 Å². The fraction of sp³-hybridized carbons (Fsp3) is 0.375. The molecule has 0 bridgehead atoms. The van der Waals surface area contributed by atoms with E-state index in [2.05, 4.69) is 43.7 Å². The topological polar surface area (TPSA) is 85.5 Å². The third-order valence-electron chi connectivity index (χ3n) is 8.10. The number of anilines is 3. The van der Waals surface area contributed by atoms with Crippen LogP contribution < -0.4 is 15.5 Å². The molecule has 0 unspecified atom stereocenters. The molecule has 0 aliphatic carbocycles. The summed E-state index contributed by atoms with van der Waals surface area (Å²) in [6.07, 6.45) is 3.18. The number of halogens is 2. The quantitative estimate of drug-likeness (QED) is 0.274. The van der Waals surface area contributed by atoms with Crippen molar-refractivity contribution in [2.24, 2.45) is 0 Å². The van der Waals surface area contributed by atoms with Crippen molar-refractivity contribution in [2.75, 3.05) is 62.0 Å². The van der Waals surface area contributed by atoms with Gasteiger partial charge >= 0.3 is 0 Å². The standard InChI is InChI=1S/C32H36F2N6O2/c1-39-9-2-10-40(12-11-39)26-4-5-27(30(20-26)35-25-7-13-42-14-8-25)32(41)36-31-28-18-21(3-6-29(28)37-38-31)15-22-16-23(33)19-24(34)17-22/h3-6,16-20,25,35H,2,7-15H2,1H3,(H2,36,37,38,41). The molecular formula is C32H36F2N6O2. The first-order chi connectivity index (χ1) is 20.4. The van der Waals surface area contributed by atoms with Crippen LogP contribution in [0, 0.1) is 11.6 Å². The Labute approximate surface area is 244 Å². The molecule has 3 heterocycles. The van der Waals surface area contributed by atoms with Gasteiger partial charge in [0.15, 0.2) is 5.82 Å². The lowest BCUT2D eigenvalue weighted by Gasteiger charge is -2.28. The molecule has 0 saturated carbocycles. The van der Waals surface area contributed by atoms with E-state index in [1.807, 2.05) is 30.3 Å². The number of aromatic nitrogens is 2. The van der Waals surface area contributed by atoms with Crippen molar-refractivity contribution in [3.8, 4) is 0 Å². The summed E-state index contributed by atoms with van der Waals surface area (Å²) in [7, 11) is 2.15. The Balaban J connectivity index is 1.26. The third kappa shape index (κ3) is 6.55. The normalized spacial score (nSPS) is 16.9. The van der Waals surface area contributed by atoms with Gasteiger partial charge in [0.2, 0.25) is 0 Å². The van der Waals surface area contributed by atoms with Crippen LogP contribution in [0.3, 0.4) is 0 Å². The Hall–Kier alpha value is -4.02. The van der Waals surface area contributed by atoms with Gasteiger partial charge in [0.05, 0.1) is 11.1 Å². The highest BCUT2D eigenvalue weighted by molar-refractivity contribution is 6.11. The van der Waals surface area contributed by atoms with Crippen LogP contribution in [0.1, 0.15) is 40.7 Å². The first kappa shape index (κ1) is 28.1. The van der Waals surface area contributed by atoms with Crippen LogP contribution in [0.2, 0.25) is 0 Å². The number of hydrogen-bond donors (Lipinski definition) is 3. The SMILES string of the molecule is CN1CCCN(c2ccc(C(=O)Nc3n[nH]c4ccc(Cc5cc(F)cc(F)c5)cc34)c(NC3CCOCC3)c2)CC1. The Morgan fingerprint density at radius 3 is 2.60 bits per heavy atom. The van der Waals surface area contributed by atoms with Gasteiger partial charge in [0.1, 0.15) is 11.6 Å². The molecule has 0 radical (unpaired) electrons. The van der Waals surface area contributed by atoms with E-state index in [4.69, 9.17) is 4.74 Å². The first-order valence-electron chi connectivity index (χ1n) is 14.6. The van der Waals surface area contributed by atoms with Gasteiger partial charge in [0.25, 0.3) is 5.91 Å². The number of fused-ring (bicyclic) bond motifs is 1. The van der Waals surface area contributed by atoms with Crippen LogP contribution in [0.25, 0.3) is 10.9 Å². The molecule has 8 nitrogen and oxygen atoms in total. The molecule has 0 atom stereocenters. The minimum Gasteiger partial charge on any atom is -0.381 e. The molecule has 1 amide bonds. The summed E-state index contributed by atoms with van der Waals surface area (Å²) < 4.78 is 33.0. The summed E-state index contributed by atoms with van der Waals surface area (Å²) in [5.41, 5.74) is 4.56. The monoisotopic (exact) mass is 574 g/mol. The Morgan fingerprint density at radius 2 is 1.79 bits per heavy atom. The van der Waals surface area contributed by atoms with Crippen LogP contribution in [0.4, 0.5) is 26.0 Å². The van der Waals surface area contributed by atoms with Gasteiger partial charge in [-0.3, -0.25) is 9.89 Å². The molecule has 2 saturated heterocycles. The van der Waals surface area contributed by atoms with E-state index in [1.165, 1.54) is 12.1 Å². The van der Waals surface area contributed by atoms with Gasteiger partial charge in [0, 0.05) is 61.7 Å². The lowest BCUT2D eigenvalue weighted by Crippen LogP contribution is -2.30. The van der Waals surface area contributed by atoms with E-state index in [0.717, 1.165) is 79.3 Å². The van der Waals surface area contributed by atoms with E-state index in [9.17, 15) is 13.6 Å². The summed E-state index contributed by atoms with van der Waals surface area (Å²) in [5, 5.41) is 14.7. The van der Waals surface area contributed by atoms with Gasteiger partial charge in [-0.15, -0.1) is 0 Å². The molecule has 0 spiro atoms. The Morgan fingerprint density at radius 1 is 0.976 bits per heavy atom. The molecule has 2 aliphatic heterocycles. The number of nitrogens with zero attached hydrogens (tertiary/aromatic N) is 3. The summed E-state index contributed by atoms with van der Waals surface area (Å²) in [6.45, 7) is 5.36. The number of rotatable bonds is 7. The minimum atomic E-state index is -0.610. The van der Waals surface area contributed by atoms with Gasteiger partial charge in [-0.25, -0.2) is 8.78 Å².